The highest BCUT2D eigenvalue weighted by atomic mass is 35.5. The predicted molar refractivity (Wildman–Crippen MR) is 72.5 cm³/mol. The molecule has 0 aromatic heterocycles. The number of rotatable bonds is 6. The van der Waals surface area contributed by atoms with Crippen LogP contribution in [0.25, 0.3) is 0 Å². The molecule has 1 N–H and O–H groups in total. The fourth-order valence-electron chi connectivity index (χ4n) is 1.42. The zero-order valence-electron chi connectivity index (χ0n) is 10.8. The molecule has 1 amide bonds. The van der Waals surface area contributed by atoms with Crippen molar-refractivity contribution in [3.8, 4) is 0 Å². The molecule has 1 rings (SSSR count). The van der Waals surface area contributed by atoms with E-state index in [2.05, 4.69) is 0 Å². The van der Waals surface area contributed by atoms with Crippen LogP contribution in [0.4, 0.5) is 5.69 Å². The van der Waals surface area contributed by atoms with E-state index < -0.39 is 18.4 Å². The van der Waals surface area contributed by atoms with Crippen molar-refractivity contribution in [2.75, 3.05) is 18.1 Å². The Kier molecular flexibility index (Phi) is 5.79. The lowest BCUT2D eigenvalue weighted by Crippen LogP contribution is -2.38. The molecule has 0 aliphatic carbocycles. The molecular weight excluding hydrogens is 270 g/mol. The molecule has 1 aromatic carbocycles. The molecule has 19 heavy (non-hydrogen) atoms. The number of anilines is 1. The minimum Gasteiger partial charge on any atom is -0.480 e. The third-order valence-corrected chi connectivity index (χ3v) is 2.49. The smallest absolute Gasteiger partial charge is 0.323 e. The molecule has 5 nitrogen and oxygen atoms in total. The predicted octanol–water partition coefficient (Wildman–Crippen LogP) is 2.18. The van der Waals surface area contributed by atoms with Crippen LogP contribution >= 0.6 is 11.6 Å². The quantitative estimate of drug-likeness (QED) is 0.870. The van der Waals surface area contributed by atoms with Gasteiger partial charge in [-0.15, -0.1) is 0 Å². The number of nitrogens with zero attached hydrogens (tertiary/aromatic N) is 1. The van der Waals surface area contributed by atoms with Crippen molar-refractivity contribution in [2.45, 2.75) is 20.0 Å². The van der Waals surface area contributed by atoms with Gasteiger partial charge < -0.3 is 9.84 Å². The van der Waals surface area contributed by atoms with Crippen LogP contribution in [0.15, 0.2) is 24.3 Å². The van der Waals surface area contributed by atoms with Crippen LogP contribution in [-0.4, -0.2) is 36.2 Å². The maximum atomic E-state index is 12.0. The molecule has 0 spiro atoms. The van der Waals surface area contributed by atoms with Crippen molar-refractivity contribution in [1.29, 1.82) is 0 Å². The summed E-state index contributed by atoms with van der Waals surface area (Å²) in [6.07, 6.45) is -0.102. The minimum atomic E-state index is -1.10. The van der Waals surface area contributed by atoms with E-state index in [1.807, 2.05) is 0 Å². The molecule has 0 unspecified atom stereocenters. The van der Waals surface area contributed by atoms with Gasteiger partial charge in [-0.1, -0.05) is 17.7 Å². The third-order valence-electron chi connectivity index (χ3n) is 2.25. The Morgan fingerprint density at radius 2 is 2.11 bits per heavy atom. The number of carbonyl (C=O) groups excluding carboxylic acids is 1. The van der Waals surface area contributed by atoms with Crippen molar-refractivity contribution in [1.82, 2.24) is 0 Å². The Bertz CT molecular complexity index is 462. The Balaban J connectivity index is 2.88. The maximum Gasteiger partial charge on any atom is 0.323 e. The molecule has 0 saturated heterocycles. The number of amides is 1. The Hall–Kier alpha value is -1.59. The monoisotopic (exact) mass is 285 g/mol. The van der Waals surface area contributed by atoms with Crippen LogP contribution in [0.5, 0.6) is 0 Å². The Labute approximate surface area is 116 Å². The second kappa shape index (κ2) is 7.11. The summed E-state index contributed by atoms with van der Waals surface area (Å²) in [5.41, 5.74) is 0.437. The molecule has 0 fully saturated rings. The molecule has 6 heteroatoms. The highest BCUT2D eigenvalue weighted by molar-refractivity contribution is 6.30. The lowest BCUT2D eigenvalue weighted by atomic mass is 10.2. The minimum absolute atomic E-state index is 0.102. The zero-order valence-corrected chi connectivity index (χ0v) is 11.6. The number of carbonyl (C=O) groups is 2. The van der Waals surface area contributed by atoms with E-state index in [1.54, 1.807) is 32.0 Å². The number of carboxylic acid groups (broad SMARTS) is 1. The molecule has 1 aromatic rings. The maximum absolute atomic E-state index is 12.0. The number of ether oxygens (including phenoxy) is 1. The van der Waals surface area contributed by atoms with Gasteiger partial charge in [0.15, 0.2) is 0 Å². The molecule has 0 aliphatic rings. The second-order valence-electron chi connectivity index (χ2n) is 4.21. The Morgan fingerprint density at radius 1 is 1.42 bits per heavy atom. The highest BCUT2D eigenvalue weighted by Gasteiger charge is 2.19. The first kappa shape index (κ1) is 15.5. The second-order valence-corrected chi connectivity index (χ2v) is 4.65. The standard InChI is InChI=1S/C13H16ClNO4/c1-9(2)19-8-12(16)15(7-13(17)18)11-5-3-4-10(14)6-11/h3-6,9H,7-8H2,1-2H3,(H,17,18). The molecule has 0 bridgehead atoms. The van der Waals surface area contributed by atoms with Gasteiger partial charge in [-0.25, -0.2) is 0 Å². The van der Waals surface area contributed by atoms with Crippen molar-refractivity contribution in [3.05, 3.63) is 29.3 Å². The molecule has 0 aliphatic heterocycles. The fourth-order valence-corrected chi connectivity index (χ4v) is 1.60. The van der Waals surface area contributed by atoms with Crippen molar-refractivity contribution >= 4 is 29.2 Å². The summed E-state index contributed by atoms with van der Waals surface area (Å²) in [7, 11) is 0. The molecule has 0 heterocycles. The van der Waals surface area contributed by atoms with Gasteiger partial charge in [0.2, 0.25) is 0 Å². The molecule has 0 atom stereocenters. The highest BCUT2D eigenvalue weighted by Crippen LogP contribution is 2.19. The average Bonchev–Trinajstić information content (AvgIpc) is 2.32. The number of halogens is 1. The average molecular weight is 286 g/mol. The molecule has 0 saturated carbocycles. The van der Waals surface area contributed by atoms with Gasteiger partial charge in [-0.3, -0.25) is 14.5 Å². The SMILES string of the molecule is CC(C)OCC(=O)N(CC(=O)O)c1cccc(Cl)c1. The van der Waals surface area contributed by atoms with Gasteiger partial charge in [0.05, 0.1) is 6.10 Å². The number of hydrogen-bond donors (Lipinski definition) is 1. The lowest BCUT2D eigenvalue weighted by Gasteiger charge is -2.21. The van der Waals surface area contributed by atoms with E-state index in [0.29, 0.717) is 10.7 Å². The van der Waals surface area contributed by atoms with E-state index in [-0.39, 0.29) is 12.7 Å². The molecule has 0 radical (unpaired) electrons. The van der Waals surface area contributed by atoms with E-state index in [9.17, 15) is 9.59 Å². The summed E-state index contributed by atoms with van der Waals surface area (Å²) < 4.78 is 5.20. The van der Waals surface area contributed by atoms with Gasteiger partial charge >= 0.3 is 5.97 Å². The van der Waals surface area contributed by atoms with Crippen LogP contribution in [0.3, 0.4) is 0 Å². The summed E-state index contributed by atoms with van der Waals surface area (Å²) in [6, 6.07) is 6.47. The van der Waals surface area contributed by atoms with Gasteiger partial charge in [-0.2, -0.15) is 0 Å². The Morgan fingerprint density at radius 3 is 2.63 bits per heavy atom. The topological polar surface area (TPSA) is 66.8 Å². The summed E-state index contributed by atoms with van der Waals surface area (Å²) in [6.45, 7) is 3.00. The van der Waals surface area contributed by atoms with E-state index in [4.69, 9.17) is 21.4 Å². The largest absolute Gasteiger partial charge is 0.480 e. The molecular formula is C13H16ClNO4. The zero-order chi connectivity index (χ0) is 14.4. The number of hydrogen-bond acceptors (Lipinski definition) is 3. The fraction of sp³-hybridized carbons (Fsp3) is 0.385. The van der Waals surface area contributed by atoms with Crippen molar-refractivity contribution < 1.29 is 19.4 Å². The van der Waals surface area contributed by atoms with Crippen LogP contribution < -0.4 is 4.90 Å². The van der Waals surface area contributed by atoms with Crippen molar-refractivity contribution in [3.63, 3.8) is 0 Å². The van der Waals surface area contributed by atoms with E-state index in [0.717, 1.165) is 4.90 Å². The normalized spacial score (nSPS) is 10.5. The van der Waals surface area contributed by atoms with Gasteiger partial charge in [0, 0.05) is 10.7 Å². The van der Waals surface area contributed by atoms with Gasteiger partial charge in [0.25, 0.3) is 5.91 Å². The summed E-state index contributed by atoms with van der Waals surface area (Å²) in [5, 5.41) is 9.31. The number of carboxylic acids is 1. The van der Waals surface area contributed by atoms with E-state index >= 15 is 0 Å². The van der Waals surface area contributed by atoms with Crippen LogP contribution in [0, 0.1) is 0 Å². The van der Waals surface area contributed by atoms with Crippen molar-refractivity contribution in [2.24, 2.45) is 0 Å². The summed E-state index contributed by atoms with van der Waals surface area (Å²) >= 11 is 5.84. The summed E-state index contributed by atoms with van der Waals surface area (Å²) in [4.78, 5) is 24.0. The first-order valence-corrected chi connectivity index (χ1v) is 6.17. The van der Waals surface area contributed by atoms with Gasteiger partial charge in [0.1, 0.15) is 13.2 Å². The van der Waals surface area contributed by atoms with E-state index in [1.165, 1.54) is 6.07 Å². The number of aliphatic carboxylic acids is 1. The van der Waals surface area contributed by atoms with Gasteiger partial charge in [-0.05, 0) is 32.0 Å². The first-order chi connectivity index (χ1) is 8.90. The third kappa shape index (κ3) is 5.28. The molecule has 104 valence electrons. The van der Waals surface area contributed by atoms with Crippen LogP contribution in [-0.2, 0) is 14.3 Å². The first-order valence-electron chi connectivity index (χ1n) is 5.79. The number of benzene rings is 1. The lowest BCUT2D eigenvalue weighted by molar-refractivity contribution is -0.137. The summed E-state index contributed by atoms with van der Waals surface area (Å²) in [5.74, 6) is -1.52. The van der Waals surface area contributed by atoms with Crippen LogP contribution in [0.1, 0.15) is 13.8 Å². The van der Waals surface area contributed by atoms with Crippen LogP contribution in [0.2, 0.25) is 5.02 Å².